The zero-order chi connectivity index (χ0) is 18.7. The number of benzene rings is 2. The zero-order valence-electron chi connectivity index (χ0n) is 15.1. The van der Waals surface area contributed by atoms with Crippen molar-refractivity contribution < 1.29 is 14.3 Å². The van der Waals surface area contributed by atoms with Gasteiger partial charge in [0.2, 0.25) is 0 Å². The fourth-order valence-electron chi connectivity index (χ4n) is 2.52. The van der Waals surface area contributed by atoms with Gasteiger partial charge in [-0.05, 0) is 66.6 Å². The molecule has 0 unspecified atom stereocenters. The molecule has 0 aromatic heterocycles. The second-order valence-corrected chi connectivity index (χ2v) is 6.92. The number of thioether (sulfide) groups is 1. The van der Waals surface area contributed by atoms with Crippen molar-refractivity contribution in [2.75, 3.05) is 14.2 Å². The van der Waals surface area contributed by atoms with Crippen LogP contribution < -0.4 is 14.8 Å². The third-order valence-corrected chi connectivity index (χ3v) is 4.85. The zero-order valence-corrected chi connectivity index (χ0v) is 15.9. The summed E-state index contributed by atoms with van der Waals surface area (Å²) in [6.07, 6.45) is 1.81. The number of rotatable bonds is 4. The first-order valence-corrected chi connectivity index (χ1v) is 8.90. The lowest BCUT2D eigenvalue weighted by molar-refractivity contribution is -0.115. The number of aliphatic imine (C=N–C) groups is 1. The van der Waals surface area contributed by atoms with Crippen LogP contribution in [-0.2, 0) is 4.79 Å². The van der Waals surface area contributed by atoms with Crippen LogP contribution >= 0.6 is 11.8 Å². The van der Waals surface area contributed by atoms with Gasteiger partial charge in [0.1, 0.15) is 0 Å². The molecule has 5 nitrogen and oxygen atoms in total. The van der Waals surface area contributed by atoms with E-state index in [0.29, 0.717) is 21.6 Å². The topological polar surface area (TPSA) is 59.9 Å². The maximum atomic E-state index is 12.3. The van der Waals surface area contributed by atoms with Gasteiger partial charge in [0.25, 0.3) is 5.91 Å². The SMILES string of the molecule is COc1ccc(/C=C2\SC(=Nc3cc(C)ccc3C)NC2=O)cc1OC. The van der Waals surface area contributed by atoms with E-state index in [2.05, 4.69) is 10.3 Å². The molecule has 1 saturated heterocycles. The third kappa shape index (κ3) is 3.91. The van der Waals surface area contributed by atoms with E-state index in [0.717, 1.165) is 22.4 Å². The summed E-state index contributed by atoms with van der Waals surface area (Å²) < 4.78 is 10.5. The summed E-state index contributed by atoms with van der Waals surface area (Å²) in [5, 5.41) is 3.40. The minimum absolute atomic E-state index is 0.158. The average molecular weight is 368 g/mol. The molecule has 1 N–H and O–H groups in total. The molecule has 134 valence electrons. The number of nitrogens with one attached hydrogen (secondary N) is 1. The van der Waals surface area contributed by atoms with Gasteiger partial charge in [-0.25, -0.2) is 4.99 Å². The Morgan fingerprint density at radius 1 is 1.04 bits per heavy atom. The molecular formula is C20H20N2O3S. The molecule has 1 fully saturated rings. The largest absolute Gasteiger partial charge is 0.493 e. The number of amidine groups is 1. The predicted octanol–water partition coefficient (Wildman–Crippen LogP) is 4.21. The number of carbonyl (C=O) groups excluding carboxylic acids is 1. The molecule has 2 aromatic rings. The summed E-state index contributed by atoms with van der Waals surface area (Å²) in [5.74, 6) is 1.11. The highest BCUT2D eigenvalue weighted by Gasteiger charge is 2.24. The van der Waals surface area contributed by atoms with Gasteiger partial charge < -0.3 is 14.8 Å². The van der Waals surface area contributed by atoms with Crippen LogP contribution in [0.2, 0.25) is 0 Å². The number of aryl methyl sites for hydroxylation is 2. The van der Waals surface area contributed by atoms with Crippen LogP contribution in [0.3, 0.4) is 0 Å². The standard InChI is InChI=1S/C20H20N2O3S/c1-12-5-6-13(2)15(9-12)21-20-22-19(23)18(26-20)11-14-7-8-16(24-3)17(10-14)25-4/h5-11H,1-4H3,(H,21,22,23)/b18-11-. The minimum atomic E-state index is -0.158. The van der Waals surface area contributed by atoms with E-state index in [1.807, 2.05) is 56.3 Å². The van der Waals surface area contributed by atoms with E-state index in [-0.39, 0.29) is 5.91 Å². The second kappa shape index (κ2) is 7.66. The molecule has 0 radical (unpaired) electrons. The number of ether oxygens (including phenoxy) is 2. The number of hydrogen-bond acceptors (Lipinski definition) is 5. The maximum absolute atomic E-state index is 12.3. The van der Waals surface area contributed by atoms with Gasteiger partial charge in [-0.2, -0.15) is 0 Å². The number of methoxy groups -OCH3 is 2. The number of amides is 1. The Balaban J connectivity index is 1.87. The summed E-state index contributed by atoms with van der Waals surface area (Å²) in [6.45, 7) is 4.02. The van der Waals surface area contributed by atoms with Crippen molar-refractivity contribution in [3.8, 4) is 11.5 Å². The molecule has 1 heterocycles. The van der Waals surface area contributed by atoms with Crippen molar-refractivity contribution in [2.24, 2.45) is 4.99 Å². The van der Waals surface area contributed by atoms with Crippen molar-refractivity contribution >= 4 is 34.6 Å². The monoisotopic (exact) mass is 368 g/mol. The molecule has 3 rings (SSSR count). The molecule has 1 aliphatic rings. The summed E-state index contributed by atoms with van der Waals surface area (Å²) >= 11 is 1.32. The van der Waals surface area contributed by atoms with Crippen molar-refractivity contribution in [2.45, 2.75) is 13.8 Å². The molecule has 2 aromatic carbocycles. The van der Waals surface area contributed by atoms with E-state index in [1.165, 1.54) is 11.8 Å². The number of carbonyl (C=O) groups is 1. The molecule has 0 spiro atoms. The Morgan fingerprint density at radius 2 is 1.81 bits per heavy atom. The molecule has 0 bridgehead atoms. The van der Waals surface area contributed by atoms with Gasteiger partial charge >= 0.3 is 0 Å². The first-order valence-electron chi connectivity index (χ1n) is 8.09. The summed E-state index contributed by atoms with van der Waals surface area (Å²) in [4.78, 5) is 17.4. The van der Waals surface area contributed by atoms with Gasteiger partial charge in [0.15, 0.2) is 16.7 Å². The Labute approximate surface area is 157 Å². The van der Waals surface area contributed by atoms with E-state index in [4.69, 9.17) is 9.47 Å². The lowest BCUT2D eigenvalue weighted by Crippen LogP contribution is -2.19. The molecule has 1 aliphatic heterocycles. The lowest BCUT2D eigenvalue weighted by atomic mass is 10.1. The smallest absolute Gasteiger partial charge is 0.264 e. The Hall–Kier alpha value is -2.73. The first-order chi connectivity index (χ1) is 12.5. The highest BCUT2D eigenvalue weighted by atomic mass is 32.2. The summed E-state index contributed by atoms with van der Waals surface area (Å²) in [6, 6.07) is 11.6. The lowest BCUT2D eigenvalue weighted by Gasteiger charge is -2.07. The van der Waals surface area contributed by atoms with Gasteiger partial charge in [-0.3, -0.25) is 4.79 Å². The molecule has 1 amide bonds. The highest BCUT2D eigenvalue weighted by molar-refractivity contribution is 8.18. The van der Waals surface area contributed by atoms with E-state index < -0.39 is 0 Å². The van der Waals surface area contributed by atoms with Crippen molar-refractivity contribution in [3.63, 3.8) is 0 Å². The van der Waals surface area contributed by atoms with Crippen LogP contribution in [0, 0.1) is 13.8 Å². The quantitative estimate of drug-likeness (QED) is 0.821. The van der Waals surface area contributed by atoms with Crippen LogP contribution in [0.5, 0.6) is 11.5 Å². The molecule has 0 atom stereocenters. The molecular weight excluding hydrogens is 348 g/mol. The predicted molar refractivity (Wildman–Crippen MR) is 106 cm³/mol. The normalized spacial score (nSPS) is 16.8. The molecule has 0 saturated carbocycles. The highest BCUT2D eigenvalue weighted by Crippen LogP contribution is 2.32. The van der Waals surface area contributed by atoms with E-state index in [9.17, 15) is 4.79 Å². The first kappa shape index (κ1) is 18.1. The van der Waals surface area contributed by atoms with Crippen molar-refractivity contribution in [1.82, 2.24) is 5.32 Å². The van der Waals surface area contributed by atoms with Crippen LogP contribution in [0.25, 0.3) is 6.08 Å². The van der Waals surface area contributed by atoms with E-state index >= 15 is 0 Å². The average Bonchev–Trinajstić information content (AvgIpc) is 2.97. The summed E-state index contributed by atoms with van der Waals surface area (Å²) in [5.41, 5.74) is 3.91. The van der Waals surface area contributed by atoms with Gasteiger partial charge in [0, 0.05) is 0 Å². The Morgan fingerprint density at radius 3 is 2.54 bits per heavy atom. The van der Waals surface area contributed by atoms with Crippen molar-refractivity contribution in [1.29, 1.82) is 0 Å². The fourth-order valence-corrected chi connectivity index (χ4v) is 3.36. The van der Waals surface area contributed by atoms with Gasteiger partial charge in [-0.15, -0.1) is 0 Å². The van der Waals surface area contributed by atoms with Crippen molar-refractivity contribution in [3.05, 3.63) is 58.0 Å². The van der Waals surface area contributed by atoms with Gasteiger partial charge in [-0.1, -0.05) is 18.2 Å². The second-order valence-electron chi connectivity index (χ2n) is 5.89. The van der Waals surface area contributed by atoms with E-state index in [1.54, 1.807) is 14.2 Å². The number of hydrogen-bond donors (Lipinski definition) is 1. The Bertz CT molecular complexity index is 919. The molecule has 26 heavy (non-hydrogen) atoms. The van der Waals surface area contributed by atoms with Crippen LogP contribution in [0.15, 0.2) is 46.3 Å². The third-order valence-electron chi connectivity index (χ3n) is 3.94. The van der Waals surface area contributed by atoms with Crippen LogP contribution in [0.1, 0.15) is 16.7 Å². The fraction of sp³-hybridized carbons (Fsp3) is 0.200. The van der Waals surface area contributed by atoms with Gasteiger partial charge in [0.05, 0.1) is 24.8 Å². The molecule has 6 heteroatoms. The van der Waals surface area contributed by atoms with Crippen LogP contribution in [-0.4, -0.2) is 25.3 Å². The molecule has 0 aliphatic carbocycles. The van der Waals surface area contributed by atoms with Crippen LogP contribution in [0.4, 0.5) is 5.69 Å². The maximum Gasteiger partial charge on any atom is 0.264 e. The minimum Gasteiger partial charge on any atom is -0.493 e. The Kier molecular flexibility index (Phi) is 5.32. The summed E-state index contributed by atoms with van der Waals surface area (Å²) in [7, 11) is 3.17. The number of nitrogens with zero attached hydrogens (tertiary/aromatic N) is 1.